The number of sulfonamides is 1. The fourth-order valence-electron chi connectivity index (χ4n) is 5.17. The van der Waals surface area contributed by atoms with Crippen LogP contribution in [0.5, 0.6) is 0 Å². The zero-order valence-corrected chi connectivity index (χ0v) is 28.7. The molecule has 0 spiro atoms. The van der Waals surface area contributed by atoms with Crippen LogP contribution >= 0.6 is 23.2 Å². The first-order chi connectivity index (χ1) is 21.9. The van der Waals surface area contributed by atoms with Crippen LogP contribution in [-0.4, -0.2) is 43.8 Å². The molecule has 0 heterocycles. The van der Waals surface area contributed by atoms with Gasteiger partial charge in [0.15, 0.2) is 0 Å². The minimum Gasteiger partial charge on any atom is -0.352 e. The summed E-state index contributed by atoms with van der Waals surface area (Å²) in [6.45, 7) is 6.96. The molecule has 0 fully saturated rings. The Morgan fingerprint density at radius 3 is 2.11 bits per heavy atom. The lowest BCUT2D eigenvalue weighted by Crippen LogP contribution is -2.54. The van der Waals surface area contributed by atoms with Gasteiger partial charge >= 0.3 is 0 Å². The van der Waals surface area contributed by atoms with E-state index in [1.54, 1.807) is 54.6 Å². The summed E-state index contributed by atoms with van der Waals surface area (Å²) in [5, 5.41) is 3.62. The van der Waals surface area contributed by atoms with Crippen LogP contribution in [0.15, 0.2) is 102 Å². The average molecular weight is 681 g/mol. The molecule has 0 radical (unpaired) electrons. The lowest BCUT2D eigenvalue weighted by Gasteiger charge is -2.34. The Morgan fingerprint density at radius 2 is 1.48 bits per heavy atom. The second kappa shape index (κ2) is 15.6. The Labute approximate surface area is 282 Å². The summed E-state index contributed by atoms with van der Waals surface area (Å²) in [6.07, 6.45) is 0.757. The number of nitrogens with one attached hydrogen (secondary N) is 1. The van der Waals surface area contributed by atoms with Gasteiger partial charge in [-0.05, 0) is 74.2 Å². The number of hydrogen-bond donors (Lipinski definition) is 1. The van der Waals surface area contributed by atoms with Gasteiger partial charge in [0.2, 0.25) is 11.8 Å². The molecule has 10 heteroatoms. The summed E-state index contributed by atoms with van der Waals surface area (Å²) in [5.41, 5.74) is 3.56. The SMILES string of the molecule is CCc1ccccc1N(CC(=O)N(Cc1ccc(Cl)c(Cl)c1)[C@@H](Cc1ccccc1)C(=O)NC(C)C)S(=O)(=O)c1ccc(C)cc1. The van der Waals surface area contributed by atoms with E-state index in [0.717, 1.165) is 21.0 Å². The number of carbonyl (C=O) groups is 2. The van der Waals surface area contributed by atoms with E-state index in [0.29, 0.717) is 27.7 Å². The van der Waals surface area contributed by atoms with Crippen molar-refractivity contribution < 1.29 is 18.0 Å². The lowest BCUT2D eigenvalue weighted by atomic mass is 10.0. The van der Waals surface area contributed by atoms with Crippen molar-refractivity contribution in [3.8, 4) is 0 Å². The normalized spacial score (nSPS) is 12.1. The molecule has 4 aromatic rings. The summed E-state index contributed by atoms with van der Waals surface area (Å²) >= 11 is 12.5. The Balaban J connectivity index is 1.84. The maximum Gasteiger partial charge on any atom is 0.264 e. The summed E-state index contributed by atoms with van der Waals surface area (Å²) < 4.78 is 29.7. The zero-order valence-electron chi connectivity index (χ0n) is 26.4. The summed E-state index contributed by atoms with van der Waals surface area (Å²) in [4.78, 5) is 30.0. The Bertz CT molecular complexity index is 1760. The highest BCUT2D eigenvalue weighted by Crippen LogP contribution is 2.29. The lowest BCUT2D eigenvalue weighted by molar-refractivity contribution is -0.140. The number of carbonyl (C=O) groups excluding carboxylic acids is 2. The summed E-state index contributed by atoms with van der Waals surface area (Å²) in [5.74, 6) is -0.901. The number of hydrogen-bond acceptors (Lipinski definition) is 4. The fraction of sp³-hybridized carbons (Fsp3) is 0.278. The van der Waals surface area contributed by atoms with Gasteiger partial charge < -0.3 is 10.2 Å². The van der Waals surface area contributed by atoms with Crippen LogP contribution < -0.4 is 9.62 Å². The van der Waals surface area contributed by atoms with E-state index >= 15 is 0 Å². The van der Waals surface area contributed by atoms with E-state index in [4.69, 9.17) is 23.2 Å². The number of aryl methyl sites for hydroxylation is 2. The van der Waals surface area contributed by atoms with Gasteiger partial charge in [0, 0.05) is 19.0 Å². The van der Waals surface area contributed by atoms with Crippen molar-refractivity contribution in [1.29, 1.82) is 0 Å². The highest BCUT2D eigenvalue weighted by atomic mass is 35.5. The molecule has 1 N–H and O–H groups in total. The highest BCUT2D eigenvalue weighted by molar-refractivity contribution is 7.92. The van der Waals surface area contributed by atoms with Crippen molar-refractivity contribution in [2.24, 2.45) is 0 Å². The first-order valence-electron chi connectivity index (χ1n) is 15.2. The molecule has 46 heavy (non-hydrogen) atoms. The highest BCUT2D eigenvalue weighted by Gasteiger charge is 2.35. The molecule has 0 saturated heterocycles. The van der Waals surface area contributed by atoms with Crippen LogP contribution in [0, 0.1) is 6.92 Å². The molecule has 0 aliphatic heterocycles. The van der Waals surface area contributed by atoms with Crippen molar-refractivity contribution in [2.45, 2.75) is 64.1 Å². The molecule has 0 saturated carbocycles. The largest absolute Gasteiger partial charge is 0.352 e. The molecule has 4 aromatic carbocycles. The van der Waals surface area contributed by atoms with E-state index in [2.05, 4.69) is 5.32 Å². The van der Waals surface area contributed by atoms with Gasteiger partial charge in [0.1, 0.15) is 12.6 Å². The number of para-hydroxylation sites is 1. The maximum atomic E-state index is 14.6. The Morgan fingerprint density at radius 1 is 0.826 bits per heavy atom. The fourth-order valence-corrected chi connectivity index (χ4v) is 6.95. The molecule has 4 rings (SSSR count). The molecule has 0 bridgehead atoms. The van der Waals surface area contributed by atoms with E-state index in [1.165, 1.54) is 4.90 Å². The Hall–Kier alpha value is -3.85. The van der Waals surface area contributed by atoms with Crippen LogP contribution in [-0.2, 0) is 39.0 Å². The van der Waals surface area contributed by atoms with Crippen molar-refractivity contribution in [3.05, 3.63) is 129 Å². The molecule has 0 aliphatic rings. The third-order valence-electron chi connectivity index (χ3n) is 7.57. The number of halogens is 2. The van der Waals surface area contributed by atoms with Gasteiger partial charge in [-0.25, -0.2) is 8.42 Å². The predicted molar refractivity (Wildman–Crippen MR) is 186 cm³/mol. The van der Waals surface area contributed by atoms with Crippen molar-refractivity contribution in [2.75, 3.05) is 10.8 Å². The van der Waals surface area contributed by atoms with Crippen molar-refractivity contribution in [3.63, 3.8) is 0 Å². The minimum absolute atomic E-state index is 0.00736. The zero-order chi connectivity index (χ0) is 33.4. The molecule has 0 aliphatic carbocycles. The van der Waals surface area contributed by atoms with Crippen LogP contribution in [0.25, 0.3) is 0 Å². The van der Waals surface area contributed by atoms with Crippen molar-refractivity contribution >= 4 is 50.7 Å². The predicted octanol–water partition coefficient (Wildman–Crippen LogP) is 7.22. The van der Waals surface area contributed by atoms with Crippen LogP contribution in [0.2, 0.25) is 10.0 Å². The van der Waals surface area contributed by atoms with Crippen LogP contribution in [0.3, 0.4) is 0 Å². The molecule has 0 unspecified atom stereocenters. The molecule has 2 amide bonds. The smallest absolute Gasteiger partial charge is 0.264 e. The van der Waals surface area contributed by atoms with E-state index < -0.39 is 28.5 Å². The van der Waals surface area contributed by atoms with Gasteiger partial charge in [-0.15, -0.1) is 0 Å². The number of nitrogens with zero attached hydrogens (tertiary/aromatic N) is 2. The van der Waals surface area contributed by atoms with Crippen LogP contribution in [0.1, 0.15) is 43.0 Å². The van der Waals surface area contributed by atoms with Crippen LogP contribution in [0.4, 0.5) is 5.69 Å². The summed E-state index contributed by atoms with van der Waals surface area (Å²) in [6, 6.07) is 26.9. The monoisotopic (exact) mass is 679 g/mol. The second-order valence-corrected chi connectivity index (χ2v) is 14.1. The second-order valence-electron chi connectivity index (χ2n) is 11.4. The molecule has 0 aromatic heterocycles. The Kier molecular flexibility index (Phi) is 11.9. The molecular formula is C36H39Cl2N3O4S. The minimum atomic E-state index is -4.19. The molecule has 1 atom stereocenters. The van der Waals surface area contributed by atoms with Gasteiger partial charge in [0.25, 0.3) is 10.0 Å². The van der Waals surface area contributed by atoms with E-state index in [9.17, 15) is 18.0 Å². The number of benzene rings is 4. The van der Waals surface area contributed by atoms with Gasteiger partial charge in [-0.3, -0.25) is 13.9 Å². The van der Waals surface area contributed by atoms with Gasteiger partial charge in [-0.1, -0.05) is 102 Å². The van der Waals surface area contributed by atoms with Gasteiger partial charge in [0.05, 0.1) is 20.6 Å². The molecule has 242 valence electrons. The molecule has 7 nitrogen and oxygen atoms in total. The van der Waals surface area contributed by atoms with Gasteiger partial charge in [-0.2, -0.15) is 0 Å². The quantitative estimate of drug-likeness (QED) is 0.162. The maximum absolute atomic E-state index is 14.6. The third kappa shape index (κ3) is 8.69. The topological polar surface area (TPSA) is 86.8 Å². The first kappa shape index (κ1) is 35.0. The number of rotatable bonds is 13. The average Bonchev–Trinajstić information content (AvgIpc) is 3.03. The number of anilines is 1. The van der Waals surface area contributed by atoms with E-state index in [1.807, 2.05) is 70.2 Å². The standard InChI is InChI=1S/C36H39Cl2N3O4S/c1-5-29-13-9-10-14-33(29)41(46(44,45)30-18-15-26(4)16-19-30)24-35(42)40(23-28-17-20-31(37)32(38)21-28)34(36(43)39-25(2)3)22-27-11-7-6-8-12-27/h6-21,25,34H,5,22-24H2,1-4H3,(H,39,43)/t34-/m0/s1. The molecular weight excluding hydrogens is 641 g/mol. The third-order valence-corrected chi connectivity index (χ3v) is 10.1. The summed E-state index contributed by atoms with van der Waals surface area (Å²) in [7, 11) is -4.19. The number of amides is 2. The first-order valence-corrected chi connectivity index (χ1v) is 17.3. The van der Waals surface area contributed by atoms with Crippen molar-refractivity contribution in [1.82, 2.24) is 10.2 Å². The van der Waals surface area contributed by atoms with E-state index in [-0.39, 0.29) is 29.8 Å².